The van der Waals surface area contributed by atoms with E-state index < -0.39 is 0 Å². The Kier molecular flexibility index (Phi) is 4.34. The van der Waals surface area contributed by atoms with Crippen LogP contribution in [0.2, 0.25) is 0 Å². The number of anilines is 1. The second-order valence-electron chi connectivity index (χ2n) is 6.33. The largest absolute Gasteiger partial charge is 0.454 e. The van der Waals surface area contributed by atoms with Crippen molar-refractivity contribution in [2.45, 2.75) is 30.2 Å². The zero-order chi connectivity index (χ0) is 17.4. The van der Waals surface area contributed by atoms with Crippen molar-refractivity contribution < 1.29 is 9.53 Å². The number of nitrogens with zero attached hydrogens (tertiary/aromatic N) is 1. The fourth-order valence-electron chi connectivity index (χ4n) is 3.51. The van der Waals surface area contributed by atoms with Gasteiger partial charge in [-0.1, -0.05) is 36.0 Å². The van der Waals surface area contributed by atoms with Gasteiger partial charge in [-0.2, -0.15) is 0 Å². The molecule has 1 N–H and O–H groups in total. The number of ether oxygens (including phenoxy) is 1. The van der Waals surface area contributed by atoms with Gasteiger partial charge >= 0.3 is 5.97 Å². The fraction of sp³-hybridized carbons (Fsp3) is 0.350. The Bertz CT molecular complexity index is 755. The minimum Gasteiger partial charge on any atom is -0.454 e. The average Bonchev–Trinajstić information content (AvgIpc) is 3.06. The number of fused-ring (bicyclic) bond motifs is 2. The lowest BCUT2D eigenvalue weighted by atomic mass is 9.91. The van der Waals surface area contributed by atoms with Gasteiger partial charge in [-0.05, 0) is 38.1 Å². The molecule has 0 amide bonds. The molecule has 1 aromatic rings. The summed E-state index contributed by atoms with van der Waals surface area (Å²) < 4.78 is 5.77. The molecule has 0 saturated heterocycles. The van der Waals surface area contributed by atoms with Crippen LogP contribution in [0.5, 0.6) is 0 Å². The lowest BCUT2D eigenvalue weighted by Gasteiger charge is -2.33. The zero-order valence-electron chi connectivity index (χ0n) is 14.4. The SMILES string of the molecule is CCN(CC)C1=CC2OC(=O)C(C3Nc4ccccc4S3)=CC2C=C1. The van der Waals surface area contributed by atoms with Crippen molar-refractivity contribution in [3.8, 4) is 0 Å². The zero-order valence-corrected chi connectivity index (χ0v) is 15.3. The number of rotatable bonds is 4. The van der Waals surface area contributed by atoms with Crippen LogP contribution in [0.1, 0.15) is 13.8 Å². The van der Waals surface area contributed by atoms with Gasteiger partial charge in [0, 0.05) is 35.3 Å². The second kappa shape index (κ2) is 6.64. The average molecular weight is 354 g/mol. The number of hydrogen-bond donors (Lipinski definition) is 1. The number of carbonyl (C=O) groups is 1. The predicted molar refractivity (Wildman–Crippen MR) is 101 cm³/mol. The highest BCUT2D eigenvalue weighted by molar-refractivity contribution is 8.00. The van der Waals surface area contributed by atoms with Crippen molar-refractivity contribution in [1.29, 1.82) is 0 Å². The van der Waals surface area contributed by atoms with Gasteiger partial charge in [0.05, 0.1) is 5.57 Å². The number of likely N-dealkylation sites (N-methyl/N-ethyl adjacent to an activating group) is 1. The third kappa shape index (κ3) is 2.97. The highest BCUT2D eigenvalue weighted by Crippen LogP contribution is 2.43. The van der Waals surface area contributed by atoms with Crippen LogP contribution >= 0.6 is 11.8 Å². The number of thioether (sulfide) groups is 1. The van der Waals surface area contributed by atoms with Crippen LogP contribution in [0.4, 0.5) is 5.69 Å². The molecule has 1 aromatic carbocycles. The number of carbonyl (C=O) groups excluding carboxylic acids is 1. The van der Waals surface area contributed by atoms with Crippen LogP contribution in [0.15, 0.2) is 64.7 Å². The van der Waals surface area contributed by atoms with E-state index in [1.807, 2.05) is 18.2 Å². The summed E-state index contributed by atoms with van der Waals surface area (Å²) in [6.45, 7) is 6.16. The Morgan fingerprint density at radius 3 is 2.76 bits per heavy atom. The van der Waals surface area contributed by atoms with Crippen LogP contribution in [0, 0.1) is 5.92 Å². The van der Waals surface area contributed by atoms with Crippen LogP contribution in [-0.4, -0.2) is 35.4 Å². The molecule has 0 saturated carbocycles. The van der Waals surface area contributed by atoms with Crippen molar-refractivity contribution in [2.24, 2.45) is 5.92 Å². The Hall–Kier alpha value is -2.14. The van der Waals surface area contributed by atoms with Gasteiger partial charge in [-0.15, -0.1) is 0 Å². The normalized spacial score (nSPS) is 26.8. The van der Waals surface area contributed by atoms with Crippen molar-refractivity contribution in [2.75, 3.05) is 18.4 Å². The molecule has 25 heavy (non-hydrogen) atoms. The molecule has 4 rings (SSSR count). The third-order valence-electron chi connectivity index (χ3n) is 4.88. The summed E-state index contributed by atoms with van der Waals surface area (Å²) in [5, 5.41) is 3.35. The summed E-state index contributed by atoms with van der Waals surface area (Å²) in [7, 11) is 0. The molecule has 0 bridgehead atoms. The van der Waals surface area contributed by atoms with Gasteiger partial charge in [0.1, 0.15) is 11.5 Å². The Morgan fingerprint density at radius 1 is 1.20 bits per heavy atom. The lowest BCUT2D eigenvalue weighted by Crippen LogP contribution is -2.36. The lowest BCUT2D eigenvalue weighted by molar-refractivity contribution is -0.144. The van der Waals surface area contributed by atoms with E-state index in [4.69, 9.17) is 4.74 Å². The van der Waals surface area contributed by atoms with Gasteiger partial charge in [-0.3, -0.25) is 0 Å². The van der Waals surface area contributed by atoms with Gasteiger partial charge < -0.3 is 15.0 Å². The van der Waals surface area contributed by atoms with E-state index in [1.54, 1.807) is 11.8 Å². The number of benzene rings is 1. The molecule has 0 radical (unpaired) electrons. The molecule has 0 aromatic heterocycles. The van der Waals surface area contributed by atoms with Gasteiger partial charge in [0.25, 0.3) is 0 Å². The standard InChI is InChI=1S/C20H22N2O2S/c1-3-22(4-2)14-10-9-13-11-15(20(23)24-17(13)12-14)19-21-16-7-5-6-8-18(16)25-19/h5-13,17,19,21H,3-4H2,1-2H3. The molecular formula is C20H22N2O2S. The van der Waals surface area contributed by atoms with Crippen LogP contribution in [-0.2, 0) is 9.53 Å². The molecule has 0 fully saturated rings. The molecule has 1 aliphatic carbocycles. The van der Waals surface area contributed by atoms with Gasteiger partial charge in [-0.25, -0.2) is 4.79 Å². The van der Waals surface area contributed by atoms with Crippen LogP contribution < -0.4 is 5.32 Å². The summed E-state index contributed by atoms with van der Waals surface area (Å²) in [6.07, 6.45) is 8.24. The summed E-state index contributed by atoms with van der Waals surface area (Å²) in [5.41, 5.74) is 2.93. The van der Waals surface area contributed by atoms with E-state index in [0.29, 0.717) is 5.57 Å². The van der Waals surface area contributed by atoms with E-state index in [2.05, 4.69) is 54.4 Å². The highest BCUT2D eigenvalue weighted by atomic mass is 32.2. The molecule has 2 aliphatic heterocycles. The van der Waals surface area contributed by atoms with Crippen molar-refractivity contribution in [3.05, 3.63) is 59.8 Å². The Morgan fingerprint density at radius 2 is 2.00 bits per heavy atom. The van der Waals surface area contributed by atoms with Crippen LogP contribution in [0.3, 0.4) is 0 Å². The topological polar surface area (TPSA) is 41.6 Å². The molecule has 130 valence electrons. The minimum absolute atomic E-state index is 0.0765. The molecule has 5 heteroatoms. The Labute approximate surface area is 152 Å². The highest BCUT2D eigenvalue weighted by Gasteiger charge is 2.36. The third-order valence-corrected chi connectivity index (χ3v) is 6.10. The van der Waals surface area contributed by atoms with E-state index in [0.717, 1.165) is 24.5 Å². The maximum absolute atomic E-state index is 12.6. The van der Waals surface area contributed by atoms with Crippen molar-refractivity contribution >= 4 is 23.4 Å². The van der Waals surface area contributed by atoms with Gasteiger partial charge in [0.15, 0.2) is 0 Å². The molecule has 3 atom stereocenters. The molecular weight excluding hydrogens is 332 g/mol. The Balaban J connectivity index is 1.55. The van der Waals surface area contributed by atoms with E-state index in [9.17, 15) is 4.79 Å². The first-order valence-electron chi connectivity index (χ1n) is 8.79. The maximum Gasteiger partial charge on any atom is 0.337 e. The van der Waals surface area contributed by atoms with Crippen molar-refractivity contribution in [1.82, 2.24) is 4.90 Å². The second-order valence-corrected chi connectivity index (χ2v) is 7.48. The monoisotopic (exact) mass is 354 g/mol. The van der Waals surface area contributed by atoms with Crippen molar-refractivity contribution in [3.63, 3.8) is 0 Å². The first kappa shape index (κ1) is 16.3. The van der Waals surface area contributed by atoms with E-state index in [1.165, 1.54) is 4.90 Å². The first-order valence-corrected chi connectivity index (χ1v) is 9.67. The van der Waals surface area contributed by atoms with Gasteiger partial charge in [0.2, 0.25) is 0 Å². The molecule has 4 nitrogen and oxygen atoms in total. The smallest absolute Gasteiger partial charge is 0.337 e. The summed E-state index contributed by atoms with van der Waals surface area (Å²) in [6, 6.07) is 8.13. The van der Waals surface area contributed by atoms with E-state index >= 15 is 0 Å². The number of nitrogens with one attached hydrogen (secondary N) is 1. The fourth-order valence-corrected chi connectivity index (χ4v) is 4.66. The number of hydrogen-bond acceptors (Lipinski definition) is 5. The first-order chi connectivity index (χ1) is 12.2. The summed E-state index contributed by atoms with van der Waals surface area (Å²) in [4.78, 5) is 16.0. The minimum atomic E-state index is -0.218. The molecule has 0 spiro atoms. The molecule has 3 aliphatic rings. The number of allylic oxidation sites excluding steroid dienone is 1. The number of esters is 1. The maximum atomic E-state index is 12.6. The summed E-state index contributed by atoms with van der Waals surface area (Å²) >= 11 is 1.67. The predicted octanol–water partition coefficient (Wildman–Crippen LogP) is 3.79. The number of para-hydroxylation sites is 1. The van der Waals surface area contributed by atoms with Crippen LogP contribution in [0.25, 0.3) is 0 Å². The molecule has 3 unspecified atom stereocenters. The molecule has 2 heterocycles. The quantitative estimate of drug-likeness (QED) is 0.833. The van der Waals surface area contributed by atoms with E-state index in [-0.39, 0.29) is 23.4 Å². The summed E-state index contributed by atoms with van der Waals surface area (Å²) in [5.74, 6) is -0.109.